The van der Waals surface area contributed by atoms with Gasteiger partial charge in [0.2, 0.25) is 0 Å². The van der Waals surface area contributed by atoms with Gasteiger partial charge in [-0.15, -0.1) is 5.10 Å². The summed E-state index contributed by atoms with van der Waals surface area (Å²) in [4.78, 5) is 19.8. The van der Waals surface area contributed by atoms with Crippen LogP contribution in [-0.2, 0) is 6.42 Å². The number of methoxy groups -OCH3 is 1. The van der Waals surface area contributed by atoms with Crippen LogP contribution in [0.5, 0.6) is 5.75 Å². The van der Waals surface area contributed by atoms with Crippen LogP contribution in [0.15, 0.2) is 72.9 Å². The monoisotopic (exact) mass is 397 g/mol. The van der Waals surface area contributed by atoms with Crippen molar-refractivity contribution in [3.63, 3.8) is 0 Å². The fourth-order valence-electron chi connectivity index (χ4n) is 3.81. The zero-order valence-corrected chi connectivity index (χ0v) is 16.4. The summed E-state index contributed by atoms with van der Waals surface area (Å²) in [5.74, 6) is 0.437. The highest BCUT2D eigenvalue weighted by atomic mass is 16.5. The van der Waals surface area contributed by atoms with Crippen LogP contribution >= 0.6 is 0 Å². The highest BCUT2D eigenvalue weighted by Gasteiger charge is 2.31. The van der Waals surface area contributed by atoms with Gasteiger partial charge in [-0.25, -0.2) is 4.68 Å². The number of carbonyl (C=O) groups is 1. The highest BCUT2D eigenvalue weighted by molar-refractivity contribution is 6.09. The Morgan fingerprint density at radius 3 is 2.53 bits per heavy atom. The summed E-state index contributed by atoms with van der Waals surface area (Å²) in [6, 6.07) is 21.0. The van der Waals surface area contributed by atoms with E-state index in [0.717, 1.165) is 17.7 Å². The number of ether oxygens (including phenoxy) is 1. The number of fused-ring (bicyclic) bond motifs is 1. The van der Waals surface area contributed by atoms with Gasteiger partial charge in [0.15, 0.2) is 5.69 Å². The molecule has 7 heteroatoms. The zero-order chi connectivity index (χ0) is 20.5. The zero-order valence-electron chi connectivity index (χ0n) is 16.4. The Labute approximate surface area is 173 Å². The highest BCUT2D eigenvalue weighted by Crippen LogP contribution is 2.32. The number of rotatable bonds is 4. The third-order valence-corrected chi connectivity index (χ3v) is 5.23. The van der Waals surface area contributed by atoms with Gasteiger partial charge >= 0.3 is 0 Å². The molecule has 0 radical (unpaired) electrons. The van der Waals surface area contributed by atoms with Gasteiger partial charge in [-0.05, 0) is 42.3 Å². The quantitative estimate of drug-likeness (QED) is 0.527. The van der Waals surface area contributed by atoms with Gasteiger partial charge in [0.25, 0.3) is 5.91 Å². The molecule has 0 aliphatic carbocycles. The van der Waals surface area contributed by atoms with E-state index in [1.54, 1.807) is 22.9 Å². The molecule has 2 aromatic heterocycles. The van der Waals surface area contributed by atoms with Crippen LogP contribution in [0.25, 0.3) is 17.1 Å². The van der Waals surface area contributed by atoms with Crippen LogP contribution in [-0.4, -0.2) is 39.5 Å². The second-order valence-electron chi connectivity index (χ2n) is 6.92. The van der Waals surface area contributed by atoms with E-state index >= 15 is 0 Å². The van der Waals surface area contributed by atoms with Crippen molar-refractivity contribution in [2.75, 3.05) is 18.6 Å². The smallest absolute Gasteiger partial charge is 0.281 e. The van der Waals surface area contributed by atoms with Crippen molar-refractivity contribution >= 4 is 11.6 Å². The fraction of sp³-hybridized carbons (Fsp3) is 0.130. The average Bonchev–Trinajstić information content (AvgIpc) is 3.44. The maximum Gasteiger partial charge on any atom is 0.281 e. The molecule has 1 aliphatic rings. The summed E-state index contributed by atoms with van der Waals surface area (Å²) in [6.45, 7) is 0.612. The van der Waals surface area contributed by atoms with Crippen LogP contribution in [0.4, 0.5) is 5.69 Å². The van der Waals surface area contributed by atoms with Gasteiger partial charge in [0.05, 0.1) is 12.8 Å². The summed E-state index contributed by atoms with van der Waals surface area (Å²) in [5.41, 5.74) is 4.17. The first kappa shape index (κ1) is 18.1. The maximum absolute atomic E-state index is 13.6. The first-order valence-corrected chi connectivity index (χ1v) is 9.68. The van der Waals surface area contributed by atoms with E-state index in [1.165, 1.54) is 0 Å². The summed E-state index contributed by atoms with van der Waals surface area (Å²) in [5, 5.41) is 8.61. The number of nitrogens with zero attached hydrogens (tertiary/aromatic N) is 5. The Hall–Kier alpha value is -4.00. The van der Waals surface area contributed by atoms with Crippen LogP contribution in [0.3, 0.4) is 0 Å². The SMILES string of the molecule is COc1ccccc1-n1nnc(C(=O)N2CCc3ccccc32)c1-c1ccccn1. The van der Waals surface area contributed by atoms with Crippen molar-refractivity contribution in [1.29, 1.82) is 0 Å². The first-order valence-electron chi connectivity index (χ1n) is 9.68. The Bertz CT molecular complexity index is 1220. The number of hydrogen-bond acceptors (Lipinski definition) is 5. The first-order chi connectivity index (χ1) is 14.8. The molecule has 3 heterocycles. The van der Waals surface area contributed by atoms with E-state index in [2.05, 4.69) is 15.3 Å². The topological polar surface area (TPSA) is 73.1 Å². The average molecular weight is 397 g/mol. The molecule has 0 bridgehead atoms. The number of pyridine rings is 1. The molecule has 1 amide bonds. The molecular weight excluding hydrogens is 378 g/mol. The van der Waals surface area contributed by atoms with Gasteiger partial charge in [0.1, 0.15) is 17.1 Å². The van der Waals surface area contributed by atoms with Crippen molar-refractivity contribution in [2.24, 2.45) is 0 Å². The lowest BCUT2D eigenvalue weighted by Crippen LogP contribution is -2.29. The van der Waals surface area contributed by atoms with E-state index in [4.69, 9.17) is 4.74 Å². The third kappa shape index (κ3) is 2.91. The Morgan fingerprint density at radius 2 is 1.73 bits per heavy atom. The van der Waals surface area contributed by atoms with Crippen molar-refractivity contribution in [1.82, 2.24) is 20.0 Å². The van der Waals surface area contributed by atoms with E-state index < -0.39 is 0 Å². The van der Waals surface area contributed by atoms with Gasteiger partial charge in [-0.1, -0.05) is 41.6 Å². The van der Waals surface area contributed by atoms with Crippen molar-refractivity contribution in [3.8, 4) is 22.8 Å². The largest absolute Gasteiger partial charge is 0.494 e. The Kier molecular flexibility index (Phi) is 4.48. The number of anilines is 1. The molecule has 0 spiro atoms. The third-order valence-electron chi connectivity index (χ3n) is 5.23. The number of para-hydroxylation sites is 3. The molecule has 0 fully saturated rings. The van der Waals surface area contributed by atoms with Crippen LogP contribution < -0.4 is 9.64 Å². The molecule has 148 valence electrons. The molecule has 0 atom stereocenters. The van der Waals surface area contributed by atoms with Crippen LogP contribution in [0, 0.1) is 0 Å². The molecule has 2 aromatic carbocycles. The van der Waals surface area contributed by atoms with Crippen LogP contribution in [0.1, 0.15) is 16.1 Å². The lowest BCUT2D eigenvalue weighted by atomic mass is 10.1. The van der Waals surface area contributed by atoms with Crippen molar-refractivity contribution < 1.29 is 9.53 Å². The second-order valence-corrected chi connectivity index (χ2v) is 6.92. The molecule has 1 aliphatic heterocycles. The molecule has 0 unspecified atom stereocenters. The van der Waals surface area contributed by atoms with Gasteiger partial charge in [0, 0.05) is 18.4 Å². The van der Waals surface area contributed by atoms with E-state index in [9.17, 15) is 4.79 Å². The molecule has 5 rings (SSSR count). The lowest BCUT2D eigenvalue weighted by Gasteiger charge is -2.17. The van der Waals surface area contributed by atoms with E-state index in [-0.39, 0.29) is 11.6 Å². The van der Waals surface area contributed by atoms with Gasteiger partial charge < -0.3 is 9.64 Å². The minimum atomic E-state index is -0.193. The fourth-order valence-corrected chi connectivity index (χ4v) is 3.81. The predicted octanol–water partition coefficient (Wildman–Crippen LogP) is 3.54. The van der Waals surface area contributed by atoms with Crippen LogP contribution in [0.2, 0.25) is 0 Å². The Balaban J connectivity index is 1.67. The normalized spacial score (nSPS) is 12.6. The van der Waals surface area contributed by atoms with E-state index in [1.807, 2.05) is 66.7 Å². The second kappa shape index (κ2) is 7.44. The molecule has 0 saturated heterocycles. The Morgan fingerprint density at radius 1 is 0.967 bits per heavy atom. The summed E-state index contributed by atoms with van der Waals surface area (Å²) >= 11 is 0. The molecule has 7 nitrogen and oxygen atoms in total. The van der Waals surface area contributed by atoms with Crippen molar-refractivity contribution in [2.45, 2.75) is 6.42 Å². The van der Waals surface area contributed by atoms with Gasteiger partial charge in [-0.3, -0.25) is 9.78 Å². The predicted molar refractivity (Wildman–Crippen MR) is 113 cm³/mol. The molecule has 0 N–H and O–H groups in total. The maximum atomic E-state index is 13.6. The number of carbonyl (C=O) groups excluding carboxylic acids is 1. The van der Waals surface area contributed by atoms with Crippen molar-refractivity contribution in [3.05, 3.63) is 84.2 Å². The molecular formula is C23H19N5O2. The number of aromatic nitrogens is 4. The van der Waals surface area contributed by atoms with Gasteiger partial charge in [-0.2, -0.15) is 0 Å². The lowest BCUT2D eigenvalue weighted by molar-refractivity contribution is 0.0985. The number of hydrogen-bond donors (Lipinski definition) is 0. The molecule has 30 heavy (non-hydrogen) atoms. The summed E-state index contributed by atoms with van der Waals surface area (Å²) in [7, 11) is 1.60. The van der Waals surface area contributed by atoms with E-state index in [0.29, 0.717) is 29.4 Å². The minimum absolute atomic E-state index is 0.193. The molecule has 4 aromatic rings. The number of amides is 1. The summed E-state index contributed by atoms with van der Waals surface area (Å²) in [6.07, 6.45) is 2.51. The standard InChI is InChI=1S/C23H19N5O2/c1-30-20-12-5-4-11-19(20)28-22(17-9-6-7-14-24-17)21(25-26-28)23(29)27-15-13-16-8-2-3-10-18(16)27/h2-12,14H,13,15H2,1H3. The minimum Gasteiger partial charge on any atom is -0.494 e. The summed E-state index contributed by atoms with van der Waals surface area (Å²) < 4.78 is 7.12. The number of benzene rings is 2. The molecule has 0 saturated carbocycles.